The molecule has 9 heteroatoms. The van der Waals surface area contributed by atoms with Crippen LogP contribution < -0.4 is 0 Å². The lowest BCUT2D eigenvalue weighted by molar-refractivity contribution is -0.870. The van der Waals surface area contributed by atoms with Crippen LogP contribution in [0.5, 0.6) is 0 Å². The van der Waals surface area contributed by atoms with E-state index in [0.29, 0.717) is 17.4 Å². The van der Waals surface area contributed by atoms with Crippen molar-refractivity contribution in [3.8, 4) is 0 Å². The third-order valence-corrected chi connectivity index (χ3v) is 13.1. The average molecular weight is 940 g/mol. The maximum absolute atomic E-state index is 12.8. The van der Waals surface area contributed by atoms with Crippen LogP contribution in [0.15, 0.2) is 0 Å². The summed E-state index contributed by atoms with van der Waals surface area (Å²) in [4.78, 5) is 37.3. The summed E-state index contributed by atoms with van der Waals surface area (Å²) in [7, 11) is 5.98. The van der Waals surface area contributed by atoms with E-state index in [1.807, 2.05) is 21.1 Å². The first-order valence-corrected chi connectivity index (χ1v) is 28.7. The van der Waals surface area contributed by atoms with Crippen LogP contribution in [-0.2, 0) is 33.3 Å². The van der Waals surface area contributed by atoms with Crippen LogP contribution in [0, 0.1) is 0 Å². The minimum absolute atomic E-state index is 0.173. The van der Waals surface area contributed by atoms with Crippen molar-refractivity contribution in [3.63, 3.8) is 0 Å². The maximum atomic E-state index is 12.8. The maximum Gasteiger partial charge on any atom is 0.361 e. The van der Waals surface area contributed by atoms with Crippen LogP contribution >= 0.6 is 0 Å². The molecule has 0 aliphatic carbocycles. The number of ether oxygens (including phenoxy) is 4. The van der Waals surface area contributed by atoms with E-state index in [4.69, 9.17) is 18.9 Å². The number of carboxylic acid groups (broad SMARTS) is 1. The van der Waals surface area contributed by atoms with E-state index in [0.717, 1.165) is 38.5 Å². The molecule has 66 heavy (non-hydrogen) atoms. The predicted molar refractivity (Wildman–Crippen MR) is 277 cm³/mol. The zero-order valence-electron chi connectivity index (χ0n) is 44.6. The van der Waals surface area contributed by atoms with Gasteiger partial charge in [-0.1, -0.05) is 264 Å². The van der Waals surface area contributed by atoms with Gasteiger partial charge >= 0.3 is 17.9 Å². The number of hydrogen-bond acceptors (Lipinski definition) is 7. The van der Waals surface area contributed by atoms with E-state index in [1.54, 1.807) is 0 Å². The van der Waals surface area contributed by atoms with Gasteiger partial charge < -0.3 is 28.5 Å². The van der Waals surface area contributed by atoms with Crippen LogP contribution in [0.4, 0.5) is 0 Å². The van der Waals surface area contributed by atoms with Crippen molar-refractivity contribution in [1.82, 2.24) is 0 Å². The smallest absolute Gasteiger partial charge is 0.361 e. The fourth-order valence-electron chi connectivity index (χ4n) is 8.66. The number of carboxylic acids is 1. The summed E-state index contributed by atoms with van der Waals surface area (Å²) < 4.78 is 22.9. The summed E-state index contributed by atoms with van der Waals surface area (Å²) in [6.07, 6.45) is 51.9. The number of carbonyl (C=O) groups is 3. The Bertz CT molecular complexity index is 1050. The number of nitrogens with zero attached hydrogens (tertiary/aromatic N) is 1. The Kier molecular flexibility index (Phi) is 48.4. The highest BCUT2D eigenvalue weighted by molar-refractivity contribution is 5.71. The molecule has 2 atom stereocenters. The normalized spacial score (nSPS) is 12.7. The Morgan fingerprint density at radius 1 is 0.394 bits per heavy atom. The lowest BCUT2D eigenvalue weighted by Crippen LogP contribution is -2.40. The van der Waals surface area contributed by atoms with E-state index < -0.39 is 18.4 Å². The van der Waals surface area contributed by atoms with E-state index in [1.165, 1.54) is 225 Å². The van der Waals surface area contributed by atoms with Gasteiger partial charge in [-0.25, -0.2) is 4.79 Å². The third kappa shape index (κ3) is 50.2. The van der Waals surface area contributed by atoms with Gasteiger partial charge in [0.1, 0.15) is 13.2 Å². The molecule has 9 nitrogen and oxygen atoms in total. The summed E-state index contributed by atoms with van der Waals surface area (Å²) in [5, 5.41) is 9.68. The van der Waals surface area contributed by atoms with Gasteiger partial charge in [0.25, 0.3) is 6.29 Å². The molecular weight excluding hydrogens is 827 g/mol. The number of carbonyl (C=O) groups excluding carboxylic acids is 2. The van der Waals surface area contributed by atoms with Crippen LogP contribution in [0.1, 0.15) is 290 Å². The predicted octanol–water partition coefficient (Wildman–Crippen LogP) is 16.4. The van der Waals surface area contributed by atoms with E-state index in [-0.39, 0.29) is 38.2 Å². The van der Waals surface area contributed by atoms with Crippen molar-refractivity contribution in [2.24, 2.45) is 0 Å². The third-order valence-electron chi connectivity index (χ3n) is 13.1. The zero-order valence-corrected chi connectivity index (χ0v) is 44.6. The fourth-order valence-corrected chi connectivity index (χ4v) is 8.66. The van der Waals surface area contributed by atoms with Gasteiger partial charge in [-0.15, -0.1) is 0 Å². The second-order valence-corrected chi connectivity index (χ2v) is 21.0. The lowest BCUT2D eigenvalue weighted by atomic mass is 10.0. The molecule has 0 spiro atoms. The molecule has 0 amide bonds. The standard InChI is InChI=1S/C57H111NO8/c1-6-8-10-12-14-16-18-20-21-22-23-24-25-26-27-28-29-30-31-32-33-34-36-38-40-42-44-46-48-55(60)66-53(52-65-57(56(61)62)63-50-49-58(3,4)5)51-64-54(59)47-45-43-41-39-37-35-19-17-15-13-11-9-7-2/h53,57H,6-52H2,1-5H3/p+1. The lowest BCUT2D eigenvalue weighted by Gasteiger charge is -2.25. The Balaban J connectivity index is 4.09. The van der Waals surface area contributed by atoms with Gasteiger partial charge in [0.2, 0.25) is 0 Å². The molecular formula is C57H112NO8+. The largest absolute Gasteiger partial charge is 0.477 e. The number of rotatable bonds is 54. The highest BCUT2D eigenvalue weighted by Crippen LogP contribution is 2.18. The molecule has 0 bridgehead atoms. The molecule has 0 aromatic heterocycles. The summed E-state index contributed by atoms with van der Waals surface area (Å²) in [5.74, 6) is -1.98. The Labute approximate surface area is 409 Å². The van der Waals surface area contributed by atoms with Crippen LogP contribution in [0.25, 0.3) is 0 Å². The van der Waals surface area contributed by atoms with Crippen molar-refractivity contribution in [2.45, 2.75) is 302 Å². The van der Waals surface area contributed by atoms with E-state index in [9.17, 15) is 19.5 Å². The van der Waals surface area contributed by atoms with Crippen molar-refractivity contribution >= 4 is 17.9 Å². The SMILES string of the molecule is CCCCCCCCCCCCCCCCCCCCCCCCCCCCCCC(=O)OC(COC(=O)CCCCCCCCCCCCCCC)COC(OCC[N+](C)(C)C)C(=O)O. The Morgan fingerprint density at radius 3 is 0.970 bits per heavy atom. The molecule has 0 rings (SSSR count). The monoisotopic (exact) mass is 939 g/mol. The molecule has 0 aromatic rings. The number of aliphatic carboxylic acids is 1. The molecule has 0 aromatic carbocycles. The van der Waals surface area contributed by atoms with Gasteiger partial charge in [-0.2, -0.15) is 0 Å². The highest BCUT2D eigenvalue weighted by atomic mass is 16.7. The Hall–Kier alpha value is -1.71. The molecule has 1 N–H and O–H groups in total. The summed E-state index contributed by atoms with van der Waals surface area (Å²) in [5.41, 5.74) is 0. The molecule has 0 fully saturated rings. The van der Waals surface area contributed by atoms with Crippen LogP contribution in [0.3, 0.4) is 0 Å². The Morgan fingerprint density at radius 2 is 0.682 bits per heavy atom. The molecule has 0 aliphatic heterocycles. The minimum atomic E-state index is -1.50. The molecule has 392 valence electrons. The van der Waals surface area contributed by atoms with Crippen molar-refractivity contribution in [3.05, 3.63) is 0 Å². The molecule has 0 saturated heterocycles. The topological polar surface area (TPSA) is 108 Å². The second-order valence-electron chi connectivity index (χ2n) is 21.0. The average Bonchev–Trinajstić information content (AvgIpc) is 3.28. The van der Waals surface area contributed by atoms with Crippen molar-refractivity contribution in [1.29, 1.82) is 0 Å². The first-order chi connectivity index (χ1) is 32.1. The number of hydrogen-bond donors (Lipinski definition) is 1. The van der Waals surface area contributed by atoms with Crippen molar-refractivity contribution in [2.75, 3.05) is 47.5 Å². The van der Waals surface area contributed by atoms with Crippen LogP contribution in [-0.4, -0.2) is 87.4 Å². The number of likely N-dealkylation sites (N-methyl/N-ethyl adjacent to an activating group) is 1. The van der Waals surface area contributed by atoms with E-state index >= 15 is 0 Å². The number of unbranched alkanes of at least 4 members (excludes halogenated alkanes) is 39. The van der Waals surface area contributed by atoms with Gasteiger partial charge in [0, 0.05) is 12.8 Å². The van der Waals surface area contributed by atoms with Gasteiger partial charge in [0.05, 0.1) is 34.4 Å². The fraction of sp³-hybridized carbons (Fsp3) is 0.947. The summed E-state index contributed by atoms with van der Waals surface area (Å²) in [6, 6.07) is 0. The number of esters is 2. The second kappa shape index (κ2) is 49.7. The van der Waals surface area contributed by atoms with Crippen molar-refractivity contribution < 1.29 is 42.9 Å². The first-order valence-electron chi connectivity index (χ1n) is 28.7. The quantitative estimate of drug-likeness (QED) is 0.0278. The van der Waals surface area contributed by atoms with Crippen LogP contribution in [0.2, 0.25) is 0 Å². The highest BCUT2D eigenvalue weighted by Gasteiger charge is 2.25. The molecule has 2 unspecified atom stereocenters. The zero-order chi connectivity index (χ0) is 48.4. The molecule has 0 radical (unpaired) electrons. The van der Waals surface area contributed by atoms with E-state index in [2.05, 4.69) is 13.8 Å². The molecule has 0 aliphatic rings. The molecule has 0 heterocycles. The van der Waals surface area contributed by atoms with Gasteiger partial charge in [-0.3, -0.25) is 9.59 Å². The minimum Gasteiger partial charge on any atom is -0.477 e. The van der Waals surface area contributed by atoms with Gasteiger partial charge in [-0.05, 0) is 12.8 Å². The van der Waals surface area contributed by atoms with Gasteiger partial charge in [0.15, 0.2) is 6.10 Å². The summed E-state index contributed by atoms with van der Waals surface area (Å²) in [6.45, 7) is 4.93. The molecule has 0 saturated carbocycles. The summed E-state index contributed by atoms with van der Waals surface area (Å²) >= 11 is 0. The number of quaternary nitrogens is 1. The first kappa shape index (κ1) is 64.3.